The molecule has 1 heterocycles. The fourth-order valence-corrected chi connectivity index (χ4v) is 4.04. The Morgan fingerprint density at radius 2 is 2.00 bits per heavy atom. The molecule has 0 saturated heterocycles. The number of amides is 2. The molecule has 0 bridgehead atoms. The molecule has 2 unspecified atom stereocenters. The number of terminal acetylenes is 1. The first-order chi connectivity index (χ1) is 13.1. The Bertz CT molecular complexity index is 939. The first kappa shape index (κ1) is 17.4. The molecule has 136 valence electrons. The number of carbonyl (C=O) groups is 2. The summed E-state index contributed by atoms with van der Waals surface area (Å²) in [5.74, 6) is 1.87. The molecule has 27 heavy (non-hydrogen) atoms. The standard InChI is InChI=1S/C23H22N2O2/c1-3-13-24-22(26)20-18-9-4-5-10-19(18)23(27)25(17-11-12-17)21(20)16-8-6-7-15(2)14-16/h1,4-10,14,17,20-21H,11-13H2,2H3,(H,24,26). The van der Waals surface area contributed by atoms with Gasteiger partial charge in [0.25, 0.3) is 5.91 Å². The summed E-state index contributed by atoms with van der Waals surface area (Å²) in [6.45, 7) is 2.20. The Morgan fingerprint density at radius 1 is 1.22 bits per heavy atom. The van der Waals surface area contributed by atoms with Crippen LogP contribution in [0.4, 0.5) is 0 Å². The SMILES string of the molecule is C#CCNC(=O)C1c2ccccc2C(=O)N(C2CC2)C1c1cccc(C)c1. The predicted molar refractivity (Wildman–Crippen MR) is 104 cm³/mol. The predicted octanol–water partition coefficient (Wildman–Crippen LogP) is 3.19. The average molecular weight is 358 g/mol. The number of rotatable bonds is 4. The molecule has 2 aromatic carbocycles. The van der Waals surface area contributed by atoms with Crippen molar-refractivity contribution < 1.29 is 9.59 Å². The minimum absolute atomic E-state index is 0.0144. The van der Waals surface area contributed by atoms with Crippen LogP contribution in [-0.2, 0) is 4.79 Å². The van der Waals surface area contributed by atoms with Crippen molar-refractivity contribution in [2.24, 2.45) is 0 Å². The normalized spacial score (nSPS) is 21.3. The van der Waals surface area contributed by atoms with Gasteiger partial charge < -0.3 is 10.2 Å². The molecule has 1 N–H and O–H groups in total. The molecular formula is C23H22N2O2. The zero-order valence-electron chi connectivity index (χ0n) is 15.3. The van der Waals surface area contributed by atoms with Crippen molar-refractivity contribution in [1.82, 2.24) is 10.2 Å². The molecule has 2 aromatic rings. The Kier molecular flexibility index (Phi) is 4.45. The van der Waals surface area contributed by atoms with Crippen LogP contribution in [0.25, 0.3) is 0 Å². The van der Waals surface area contributed by atoms with Crippen LogP contribution < -0.4 is 5.32 Å². The lowest BCUT2D eigenvalue weighted by molar-refractivity contribution is -0.124. The molecule has 4 heteroatoms. The lowest BCUT2D eigenvalue weighted by atomic mass is 9.78. The summed E-state index contributed by atoms with van der Waals surface area (Å²) < 4.78 is 0. The van der Waals surface area contributed by atoms with Crippen molar-refractivity contribution in [2.75, 3.05) is 6.54 Å². The minimum Gasteiger partial charge on any atom is -0.345 e. The number of carbonyl (C=O) groups excluding carboxylic acids is 2. The molecule has 1 fully saturated rings. The maximum absolute atomic E-state index is 13.3. The van der Waals surface area contributed by atoms with Gasteiger partial charge in [0.1, 0.15) is 0 Å². The van der Waals surface area contributed by atoms with Crippen molar-refractivity contribution in [3.05, 3.63) is 70.8 Å². The average Bonchev–Trinajstić information content (AvgIpc) is 3.51. The van der Waals surface area contributed by atoms with Gasteiger partial charge in [-0.3, -0.25) is 9.59 Å². The second kappa shape index (κ2) is 6.92. The van der Waals surface area contributed by atoms with E-state index in [4.69, 9.17) is 6.42 Å². The van der Waals surface area contributed by atoms with E-state index in [1.807, 2.05) is 54.3 Å². The van der Waals surface area contributed by atoms with Crippen LogP contribution in [0.2, 0.25) is 0 Å². The Morgan fingerprint density at radius 3 is 2.70 bits per heavy atom. The molecule has 4 rings (SSSR count). The highest BCUT2D eigenvalue weighted by Crippen LogP contribution is 2.47. The van der Waals surface area contributed by atoms with E-state index in [0.29, 0.717) is 5.56 Å². The first-order valence-corrected chi connectivity index (χ1v) is 9.31. The third-order valence-corrected chi connectivity index (χ3v) is 5.35. The molecule has 1 aliphatic heterocycles. The zero-order valence-corrected chi connectivity index (χ0v) is 15.3. The highest BCUT2D eigenvalue weighted by Gasteiger charge is 2.48. The Hall–Kier alpha value is -3.06. The largest absolute Gasteiger partial charge is 0.345 e. The number of hydrogen-bond donors (Lipinski definition) is 1. The number of nitrogens with zero attached hydrogens (tertiary/aromatic N) is 1. The van der Waals surface area contributed by atoms with Crippen LogP contribution in [0.1, 0.15) is 51.8 Å². The van der Waals surface area contributed by atoms with E-state index >= 15 is 0 Å². The highest BCUT2D eigenvalue weighted by atomic mass is 16.2. The van der Waals surface area contributed by atoms with Gasteiger partial charge >= 0.3 is 0 Å². The smallest absolute Gasteiger partial charge is 0.254 e. The van der Waals surface area contributed by atoms with E-state index in [9.17, 15) is 9.59 Å². The van der Waals surface area contributed by atoms with Crippen LogP contribution in [0.5, 0.6) is 0 Å². The van der Waals surface area contributed by atoms with Crippen LogP contribution >= 0.6 is 0 Å². The van der Waals surface area contributed by atoms with Gasteiger partial charge in [-0.15, -0.1) is 6.42 Å². The monoisotopic (exact) mass is 358 g/mol. The van der Waals surface area contributed by atoms with Crippen molar-refractivity contribution in [3.63, 3.8) is 0 Å². The summed E-state index contributed by atoms with van der Waals surface area (Å²) in [5.41, 5.74) is 3.50. The topological polar surface area (TPSA) is 49.4 Å². The minimum atomic E-state index is -0.477. The second-order valence-electron chi connectivity index (χ2n) is 7.29. The van der Waals surface area contributed by atoms with Crippen LogP contribution in [-0.4, -0.2) is 29.3 Å². The number of fused-ring (bicyclic) bond motifs is 1. The van der Waals surface area contributed by atoms with Gasteiger partial charge in [-0.25, -0.2) is 0 Å². The van der Waals surface area contributed by atoms with Crippen molar-refractivity contribution >= 4 is 11.8 Å². The Balaban J connectivity index is 1.88. The summed E-state index contributed by atoms with van der Waals surface area (Å²) in [6, 6.07) is 15.4. The molecule has 0 aromatic heterocycles. The highest BCUT2D eigenvalue weighted by molar-refractivity contribution is 6.01. The molecule has 2 atom stereocenters. The molecule has 2 amide bonds. The third kappa shape index (κ3) is 3.10. The summed E-state index contributed by atoms with van der Waals surface area (Å²) in [6.07, 6.45) is 7.31. The zero-order chi connectivity index (χ0) is 19.0. The van der Waals surface area contributed by atoms with E-state index in [2.05, 4.69) is 17.3 Å². The van der Waals surface area contributed by atoms with Gasteiger partial charge in [0.2, 0.25) is 5.91 Å². The Labute approximate surface area is 159 Å². The fourth-order valence-electron chi connectivity index (χ4n) is 4.04. The third-order valence-electron chi connectivity index (χ3n) is 5.35. The maximum Gasteiger partial charge on any atom is 0.254 e. The molecular weight excluding hydrogens is 336 g/mol. The maximum atomic E-state index is 13.3. The number of hydrogen-bond acceptors (Lipinski definition) is 2. The van der Waals surface area contributed by atoms with Crippen LogP contribution in [0.15, 0.2) is 48.5 Å². The van der Waals surface area contributed by atoms with E-state index in [0.717, 1.165) is 29.5 Å². The molecule has 0 spiro atoms. The quantitative estimate of drug-likeness (QED) is 0.854. The van der Waals surface area contributed by atoms with E-state index < -0.39 is 5.92 Å². The fraction of sp³-hybridized carbons (Fsp3) is 0.304. The number of benzene rings is 2. The van der Waals surface area contributed by atoms with Gasteiger partial charge in [-0.2, -0.15) is 0 Å². The van der Waals surface area contributed by atoms with Gasteiger partial charge in [0.15, 0.2) is 0 Å². The summed E-state index contributed by atoms with van der Waals surface area (Å²) in [5, 5.41) is 2.84. The molecule has 0 radical (unpaired) electrons. The lowest BCUT2D eigenvalue weighted by Gasteiger charge is -2.42. The van der Waals surface area contributed by atoms with Crippen LogP contribution in [0, 0.1) is 19.3 Å². The second-order valence-corrected chi connectivity index (χ2v) is 7.29. The van der Waals surface area contributed by atoms with E-state index in [-0.39, 0.29) is 30.4 Å². The first-order valence-electron chi connectivity index (χ1n) is 9.31. The van der Waals surface area contributed by atoms with Gasteiger partial charge in [0, 0.05) is 11.6 Å². The number of nitrogens with one attached hydrogen (secondary N) is 1. The van der Waals surface area contributed by atoms with E-state index in [1.165, 1.54) is 0 Å². The molecule has 4 nitrogen and oxygen atoms in total. The molecule has 1 aliphatic carbocycles. The summed E-state index contributed by atoms with van der Waals surface area (Å²) in [4.78, 5) is 28.4. The number of aryl methyl sites for hydroxylation is 1. The summed E-state index contributed by atoms with van der Waals surface area (Å²) in [7, 11) is 0. The van der Waals surface area contributed by atoms with Gasteiger partial charge in [0.05, 0.1) is 18.5 Å². The lowest BCUT2D eigenvalue weighted by Crippen LogP contribution is -2.48. The molecule has 1 saturated carbocycles. The van der Waals surface area contributed by atoms with Crippen molar-refractivity contribution in [1.29, 1.82) is 0 Å². The van der Waals surface area contributed by atoms with Gasteiger partial charge in [-0.05, 0) is 37.0 Å². The van der Waals surface area contributed by atoms with E-state index in [1.54, 1.807) is 0 Å². The van der Waals surface area contributed by atoms with Gasteiger partial charge in [-0.1, -0.05) is 53.9 Å². The molecule has 2 aliphatic rings. The summed E-state index contributed by atoms with van der Waals surface area (Å²) >= 11 is 0. The van der Waals surface area contributed by atoms with Crippen LogP contribution in [0.3, 0.4) is 0 Å². The van der Waals surface area contributed by atoms with Crippen molar-refractivity contribution in [2.45, 2.75) is 37.8 Å². The van der Waals surface area contributed by atoms with Crippen molar-refractivity contribution in [3.8, 4) is 12.3 Å².